The maximum atomic E-state index is 6.11. The number of benzene rings is 1. The number of nitrogens with zero attached hydrogens (tertiary/aromatic N) is 6. The Bertz CT molecular complexity index is 720. The number of tetrazole rings is 1. The van der Waals surface area contributed by atoms with Crippen molar-refractivity contribution >= 4 is 29.0 Å². The van der Waals surface area contributed by atoms with Gasteiger partial charge in [-0.05, 0) is 18.2 Å². The summed E-state index contributed by atoms with van der Waals surface area (Å²) in [5.41, 5.74) is 7.16. The van der Waals surface area contributed by atoms with Crippen LogP contribution < -0.4 is 10.8 Å². The molecule has 9 heteroatoms. The van der Waals surface area contributed by atoms with Crippen LogP contribution in [0.1, 0.15) is 0 Å². The molecule has 0 radical (unpaired) electrons. The van der Waals surface area contributed by atoms with Gasteiger partial charge in [0.25, 0.3) is 0 Å². The predicted molar refractivity (Wildman–Crippen MR) is 70.1 cm³/mol. The molecular formula is C10H6Cl2N7-. The average Bonchev–Trinajstić information content (AvgIpc) is 2.99. The predicted octanol–water partition coefficient (Wildman–Crippen LogP) is 1.57. The van der Waals surface area contributed by atoms with Crippen LogP contribution in [-0.2, 0) is 0 Å². The molecule has 0 saturated heterocycles. The Kier molecular flexibility index (Phi) is 2.84. The van der Waals surface area contributed by atoms with E-state index in [1.54, 1.807) is 18.2 Å². The molecule has 0 bridgehead atoms. The molecule has 0 aliphatic rings. The zero-order chi connectivity index (χ0) is 13.4. The lowest BCUT2D eigenvalue weighted by atomic mass is 10.3. The van der Waals surface area contributed by atoms with E-state index in [0.29, 0.717) is 32.9 Å². The summed E-state index contributed by atoms with van der Waals surface area (Å²) in [6.07, 6.45) is 1.53. The molecule has 0 aliphatic heterocycles. The van der Waals surface area contributed by atoms with E-state index in [2.05, 4.69) is 25.7 Å². The van der Waals surface area contributed by atoms with Crippen molar-refractivity contribution < 1.29 is 0 Å². The van der Waals surface area contributed by atoms with E-state index in [4.69, 9.17) is 28.9 Å². The van der Waals surface area contributed by atoms with Gasteiger partial charge in [-0.25, -0.2) is 4.68 Å². The fourth-order valence-electron chi connectivity index (χ4n) is 1.63. The zero-order valence-electron chi connectivity index (χ0n) is 9.33. The molecule has 19 heavy (non-hydrogen) atoms. The second-order valence-corrected chi connectivity index (χ2v) is 4.50. The highest BCUT2D eigenvalue weighted by Crippen LogP contribution is 2.29. The minimum absolute atomic E-state index is 0.314. The molecule has 0 fully saturated rings. The Morgan fingerprint density at radius 1 is 1.26 bits per heavy atom. The second-order valence-electron chi connectivity index (χ2n) is 3.65. The standard InChI is InChI=1S/C10H6Cl2N7/c11-5-1-2-8(7(12)3-5)19-9(13)6(4-14-19)10-15-17-18-16-10/h1-4H,13H2/q-1. The van der Waals surface area contributed by atoms with Crippen LogP contribution in [0.3, 0.4) is 0 Å². The molecule has 0 unspecified atom stereocenters. The molecule has 3 aromatic rings. The van der Waals surface area contributed by atoms with Gasteiger partial charge in [-0.1, -0.05) is 23.2 Å². The third-order valence-corrected chi connectivity index (χ3v) is 3.04. The fourth-order valence-corrected chi connectivity index (χ4v) is 2.12. The SMILES string of the molecule is Nc1c(-c2nnn[n-]2)cnn1-c1ccc(Cl)cc1Cl. The monoisotopic (exact) mass is 294 g/mol. The maximum absolute atomic E-state index is 6.11. The third-order valence-electron chi connectivity index (χ3n) is 2.50. The van der Waals surface area contributed by atoms with E-state index in [1.165, 1.54) is 10.9 Å². The van der Waals surface area contributed by atoms with Gasteiger partial charge < -0.3 is 10.8 Å². The van der Waals surface area contributed by atoms with Gasteiger partial charge in [0.15, 0.2) is 0 Å². The molecule has 1 aromatic carbocycles. The third kappa shape index (κ3) is 2.02. The number of hydrogen-bond donors (Lipinski definition) is 1. The first kappa shape index (κ1) is 11.9. The van der Waals surface area contributed by atoms with Crippen LogP contribution in [0, 0.1) is 0 Å². The van der Waals surface area contributed by atoms with Crippen LogP contribution >= 0.6 is 23.2 Å². The van der Waals surface area contributed by atoms with Crippen LogP contribution in [-0.4, -0.2) is 25.3 Å². The van der Waals surface area contributed by atoms with Crippen molar-refractivity contribution in [2.45, 2.75) is 0 Å². The van der Waals surface area contributed by atoms with Crippen molar-refractivity contribution in [3.05, 3.63) is 34.4 Å². The summed E-state index contributed by atoms with van der Waals surface area (Å²) >= 11 is 12.0. The highest BCUT2D eigenvalue weighted by Gasteiger charge is 2.12. The summed E-state index contributed by atoms with van der Waals surface area (Å²) in [6.45, 7) is 0. The van der Waals surface area contributed by atoms with Crippen LogP contribution in [0.15, 0.2) is 24.4 Å². The normalized spacial score (nSPS) is 10.8. The van der Waals surface area contributed by atoms with Crippen molar-refractivity contribution in [3.8, 4) is 17.1 Å². The number of hydrogen-bond acceptors (Lipinski definition) is 5. The summed E-state index contributed by atoms with van der Waals surface area (Å²) in [5, 5.41) is 19.4. The molecule has 7 nitrogen and oxygen atoms in total. The molecule has 0 spiro atoms. The van der Waals surface area contributed by atoms with Crippen molar-refractivity contribution in [2.75, 3.05) is 5.73 Å². The van der Waals surface area contributed by atoms with E-state index in [0.717, 1.165) is 0 Å². The summed E-state index contributed by atoms with van der Waals surface area (Å²) < 4.78 is 1.48. The van der Waals surface area contributed by atoms with Gasteiger partial charge in [0.2, 0.25) is 0 Å². The van der Waals surface area contributed by atoms with E-state index in [9.17, 15) is 0 Å². The molecule has 0 amide bonds. The van der Waals surface area contributed by atoms with E-state index >= 15 is 0 Å². The first-order valence-corrected chi connectivity index (χ1v) is 5.90. The van der Waals surface area contributed by atoms with Crippen molar-refractivity contribution in [2.24, 2.45) is 0 Å². The smallest absolute Gasteiger partial charge is 0.135 e. The minimum atomic E-state index is 0.314. The van der Waals surface area contributed by atoms with Gasteiger partial charge in [0.05, 0.1) is 22.5 Å². The minimum Gasteiger partial charge on any atom is -0.383 e. The van der Waals surface area contributed by atoms with Gasteiger partial charge in [-0.3, -0.25) is 10.3 Å². The van der Waals surface area contributed by atoms with Gasteiger partial charge in [0, 0.05) is 10.8 Å². The van der Waals surface area contributed by atoms with Crippen LogP contribution in [0.4, 0.5) is 5.82 Å². The number of nitrogen functional groups attached to an aromatic ring is 1. The topological polar surface area (TPSA) is 96.6 Å². The molecule has 3 rings (SSSR count). The first-order chi connectivity index (χ1) is 9.16. The van der Waals surface area contributed by atoms with Gasteiger partial charge >= 0.3 is 0 Å². The summed E-state index contributed by atoms with van der Waals surface area (Å²) in [6, 6.07) is 5.03. The van der Waals surface area contributed by atoms with Gasteiger partial charge in [0.1, 0.15) is 5.82 Å². The van der Waals surface area contributed by atoms with Crippen LogP contribution in [0.25, 0.3) is 17.1 Å². The molecule has 0 atom stereocenters. The lowest BCUT2D eigenvalue weighted by Crippen LogP contribution is -2.03. The maximum Gasteiger partial charge on any atom is 0.135 e. The number of anilines is 1. The molecule has 0 saturated carbocycles. The summed E-state index contributed by atoms with van der Waals surface area (Å²) in [7, 11) is 0. The number of rotatable bonds is 2. The van der Waals surface area contributed by atoms with E-state index < -0.39 is 0 Å². The number of aromatic nitrogens is 6. The highest BCUT2D eigenvalue weighted by atomic mass is 35.5. The summed E-state index contributed by atoms with van der Waals surface area (Å²) in [4.78, 5) is 0. The Balaban J connectivity index is 2.12. The van der Waals surface area contributed by atoms with Crippen molar-refractivity contribution in [1.82, 2.24) is 30.4 Å². The summed E-state index contributed by atoms with van der Waals surface area (Å²) in [5.74, 6) is 0.660. The van der Waals surface area contributed by atoms with Crippen molar-refractivity contribution in [1.29, 1.82) is 0 Å². The Morgan fingerprint density at radius 2 is 2.11 bits per heavy atom. The lowest BCUT2D eigenvalue weighted by molar-refractivity contribution is 0.871. The zero-order valence-corrected chi connectivity index (χ0v) is 10.8. The largest absolute Gasteiger partial charge is 0.383 e. The molecule has 0 aliphatic carbocycles. The van der Waals surface area contributed by atoms with E-state index in [1.807, 2.05) is 0 Å². The molecule has 2 N–H and O–H groups in total. The number of nitrogens with two attached hydrogens (primary N) is 1. The van der Waals surface area contributed by atoms with Crippen LogP contribution in [0.2, 0.25) is 10.0 Å². The van der Waals surface area contributed by atoms with Gasteiger partial charge in [-0.2, -0.15) is 10.3 Å². The Hall–Kier alpha value is -2.12. The van der Waals surface area contributed by atoms with Crippen LogP contribution in [0.5, 0.6) is 0 Å². The first-order valence-electron chi connectivity index (χ1n) is 5.15. The fraction of sp³-hybridized carbons (Fsp3) is 0. The second kappa shape index (κ2) is 4.52. The Labute approximate surface area is 117 Å². The van der Waals surface area contributed by atoms with Crippen molar-refractivity contribution in [3.63, 3.8) is 0 Å². The average molecular weight is 295 g/mol. The molecule has 96 valence electrons. The Morgan fingerprint density at radius 3 is 2.79 bits per heavy atom. The quantitative estimate of drug-likeness (QED) is 0.770. The molecule has 2 aromatic heterocycles. The molecular weight excluding hydrogens is 289 g/mol. The number of halogens is 2. The van der Waals surface area contributed by atoms with Gasteiger partial charge in [-0.15, -0.1) is 0 Å². The molecule has 2 heterocycles. The van der Waals surface area contributed by atoms with E-state index in [-0.39, 0.29) is 0 Å². The highest BCUT2D eigenvalue weighted by molar-refractivity contribution is 6.35. The lowest BCUT2D eigenvalue weighted by Gasteiger charge is -2.07.